The average Bonchev–Trinajstić information content (AvgIpc) is 2.32. The number of carboxylic acid groups (broad SMARTS) is 1. The van der Waals surface area contributed by atoms with Gasteiger partial charge in [-0.25, -0.2) is 0 Å². The van der Waals surface area contributed by atoms with Crippen LogP contribution < -0.4 is 0 Å². The van der Waals surface area contributed by atoms with Crippen molar-refractivity contribution in [1.82, 2.24) is 4.90 Å². The van der Waals surface area contributed by atoms with Gasteiger partial charge in [0.2, 0.25) is 0 Å². The van der Waals surface area contributed by atoms with Gasteiger partial charge < -0.3 is 5.11 Å². The molecule has 1 unspecified atom stereocenters. The fraction of sp³-hybridized carbons (Fsp3) is 0.429. The Hall–Kier alpha value is -1.86. The Kier molecular flexibility index (Phi) is 3.63. The minimum absolute atomic E-state index is 0.252. The van der Waals surface area contributed by atoms with Crippen molar-refractivity contribution in [2.24, 2.45) is 11.8 Å². The largest absolute Gasteiger partial charge is 0.481 e. The molecule has 1 fully saturated rings. The Balaban J connectivity index is 1.87. The minimum Gasteiger partial charge on any atom is -0.481 e. The van der Waals surface area contributed by atoms with Gasteiger partial charge in [-0.3, -0.25) is 9.69 Å². The molecular formula is C14H16N2O2. The molecule has 0 radical (unpaired) electrons. The van der Waals surface area contributed by atoms with Gasteiger partial charge in [-0.05, 0) is 23.6 Å². The summed E-state index contributed by atoms with van der Waals surface area (Å²) in [7, 11) is 0. The number of carboxylic acids is 1. The summed E-state index contributed by atoms with van der Waals surface area (Å²) in [4.78, 5) is 13.0. The maximum Gasteiger partial charge on any atom is 0.306 e. The summed E-state index contributed by atoms with van der Waals surface area (Å²) < 4.78 is 0. The molecule has 1 heterocycles. The van der Waals surface area contributed by atoms with Crippen LogP contribution in [0.4, 0.5) is 0 Å². The van der Waals surface area contributed by atoms with Gasteiger partial charge in [0, 0.05) is 19.6 Å². The lowest BCUT2D eigenvalue weighted by Gasteiger charge is -2.41. The van der Waals surface area contributed by atoms with Crippen molar-refractivity contribution in [2.45, 2.75) is 13.5 Å². The van der Waals surface area contributed by atoms with E-state index in [0.717, 1.165) is 25.2 Å². The molecule has 0 spiro atoms. The normalized spacial score (nSPS) is 17.8. The molecule has 4 heteroatoms. The third-order valence-corrected chi connectivity index (χ3v) is 3.54. The van der Waals surface area contributed by atoms with Crippen molar-refractivity contribution >= 4 is 5.97 Å². The summed E-state index contributed by atoms with van der Waals surface area (Å²) in [5, 5.41) is 17.7. The lowest BCUT2D eigenvalue weighted by molar-refractivity contribution is -0.145. The van der Waals surface area contributed by atoms with Gasteiger partial charge in [-0.15, -0.1) is 0 Å². The molecule has 0 aliphatic carbocycles. The molecule has 94 valence electrons. The number of aliphatic carboxylic acids is 1. The first-order valence-corrected chi connectivity index (χ1v) is 6.04. The number of carbonyl (C=O) groups is 1. The number of rotatable bonds is 4. The molecule has 0 saturated carbocycles. The summed E-state index contributed by atoms with van der Waals surface area (Å²) >= 11 is 0. The third-order valence-electron chi connectivity index (χ3n) is 3.54. The highest BCUT2D eigenvalue weighted by Gasteiger charge is 2.34. The molecule has 1 N–H and O–H groups in total. The maximum atomic E-state index is 10.8. The zero-order chi connectivity index (χ0) is 13.1. The topological polar surface area (TPSA) is 64.3 Å². The van der Waals surface area contributed by atoms with Crippen LogP contribution in [-0.2, 0) is 11.3 Å². The summed E-state index contributed by atoms with van der Waals surface area (Å²) in [5.41, 5.74) is 1.78. The first-order valence-electron chi connectivity index (χ1n) is 6.04. The number of hydrogen-bond acceptors (Lipinski definition) is 3. The van der Waals surface area contributed by atoms with Crippen molar-refractivity contribution in [2.75, 3.05) is 13.1 Å². The zero-order valence-corrected chi connectivity index (χ0v) is 10.3. The van der Waals surface area contributed by atoms with Crippen molar-refractivity contribution in [3.63, 3.8) is 0 Å². The molecule has 1 aromatic carbocycles. The minimum atomic E-state index is -0.717. The second kappa shape index (κ2) is 5.19. The number of hydrogen-bond donors (Lipinski definition) is 1. The van der Waals surface area contributed by atoms with E-state index in [0.29, 0.717) is 5.56 Å². The van der Waals surface area contributed by atoms with E-state index in [1.165, 1.54) is 0 Å². The average molecular weight is 244 g/mol. The molecule has 1 aliphatic rings. The Morgan fingerprint density at radius 1 is 1.61 bits per heavy atom. The van der Waals surface area contributed by atoms with Crippen LogP contribution in [0.5, 0.6) is 0 Å². The highest BCUT2D eigenvalue weighted by Crippen LogP contribution is 2.25. The van der Waals surface area contributed by atoms with Crippen molar-refractivity contribution in [1.29, 1.82) is 5.26 Å². The van der Waals surface area contributed by atoms with Gasteiger partial charge in [0.05, 0.1) is 17.6 Å². The zero-order valence-electron chi connectivity index (χ0n) is 10.3. The Bertz CT molecular complexity index is 487. The van der Waals surface area contributed by atoms with Crippen LogP contribution in [0.2, 0.25) is 0 Å². The second-order valence-corrected chi connectivity index (χ2v) is 4.89. The third kappa shape index (κ3) is 2.69. The van der Waals surface area contributed by atoms with E-state index in [-0.39, 0.29) is 11.8 Å². The standard InChI is InChI=1S/C14H16N2O2/c1-10(14(17)18)13-8-16(9-13)7-12-4-2-3-11(5-12)6-15/h2-5,10,13H,7-9H2,1H3,(H,17,18). The van der Waals surface area contributed by atoms with Crippen molar-refractivity contribution < 1.29 is 9.90 Å². The summed E-state index contributed by atoms with van der Waals surface area (Å²) in [6.07, 6.45) is 0. The first-order chi connectivity index (χ1) is 8.60. The van der Waals surface area contributed by atoms with Crippen LogP contribution in [0.3, 0.4) is 0 Å². The van der Waals surface area contributed by atoms with Crippen LogP contribution in [-0.4, -0.2) is 29.1 Å². The molecule has 1 aromatic rings. The predicted molar refractivity (Wildman–Crippen MR) is 66.7 cm³/mol. The van der Waals surface area contributed by atoms with E-state index in [1.807, 2.05) is 18.2 Å². The van der Waals surface area contributed by atoms with Gasteiger partial charge >= 0.3 is 5.97 Å². The van der Waals surface area contributed by atoms with Crippen LogP contribution in [0.15, 0.2) is 24.3 Å². The van der Waals surface area contributed by atoms with E-state index in [2.05, 4.69) is 11.0 Å². The summed E-state index contributed by atoms with van der Waals surface area (Å²) in [6, 6.07) is 9.67. The van der Waals surface area contributed by atoms with Gasteiger partial charge in [0.1, 0.15) is 0 Å². The highest BCUT2D eigenvalue weighted by molar-refractivity contribution is 5.70. The molecule has 0 amide bonds. The van der Waals surface area contributed by atoms with Crippen LogP contribution in [0.25, 0.3) is 0 Å². The van der Waals surface area contributed by atoms with Gasteiger partial charge in [0.15, 0.2) is 0 Å². The SMILES string of the molecule is CC(C(=O)O)C1CN(Cc2cccc(C#N)c2)C1. The second-order valence-electron chi connectivity index (χ2n) is 4.89. The molecule has 0 aromatic heterocycles. The van der Waals surface area contributed by atoms with Crippen LogP contribution in [0.1, 0.15) is 18.1 Å². The molecular weight excluding hydrogens is 228 g/mol. The molecule has 1 atom stereocenters. The van der Waals surface area contributed by atoms with Crippen molar-refractivity contribution in [3.8, 4) is 6.07 Å². The van der Waals surface area contributed by atoms with Crippen LogP contribution in [0, 0.1) is 23.2 Å². The Morgan fingerprint density at radius 3 is 2.94 bits per heavy atom. The summed E-state index contributed by atoms with van der Waals surface area (Å²) in [5.74, 6) is -0.737. The Labute approximate surface area is 106 Å². The van der Waals surface area contributed by atoms with Gasteiger partial charge in [-0.2, -0.15) is 5.26 Å². The lowest BCUT2D eigenvalue weighted by atomic mass is 9.87. The molecule has 4 nitrogen and oxygen atoms in total. The highest BCUT2D eigenvalue weighted by atomic mass is 16.4. The van der Waals surface area contributed by atoms with Gasteiger partial charge in [0.25, 0.3) is 0 Å². The number of nitriles is 1. The van der Waals surface area contributed by atoms with E-state index in [1.54, 1.807) is 13.0 Å². The number of likely N-dealkylation sites (tertiary alicyclic amines) is 1. The molecule has 2 rings (SSSR count). The predicted octanol–water partition coefficient (Wildman–Crippen LogP) is 1.71. The van der Waals surface area contributed by atoms with Gasteiger partial charge in [-0.1, -0.05) is 19.1 Å². The van der Waals surface area contributed by atoms with Crippen LogP contribution >= 0.6 is 0 Å². The number of benzene rings is 1. The fourth-order valence-electron chi connectivity index (χ4n) is 2.25. The molecule has 1 saturated heterocycles. The first kappa shape index (κ1) is 12.6. The maximum absolute atomic E-state index is 10.8. The van der Waals surface area contributed by atoms with E-state index in [9.17, 15) is 4.79 Å². The van der Waals surface area contributed by atoms with Crippen molar-refractivity contribution in [3.05, 3.63) is 35.4 Å². The van der Waals surface area contributed by atoms with E-state index in [4.69, 9.17) is 10.4 Å². The smallest absolute Gasteiger partial charge is 0.306 e. The monoisotopic (exact) mass is 244 g/mol. The quantitative estimate of drug-likeness (QED) is 0.875. The molecule has 18 heavy (non-hydrogen) atoms. The number of nitrogens with zero attached hydrogens (tertiary/aromatic N) is 2. The van der Waals surface area contributed by atoms with E-state index >= 15 is 0 Å². The fourth-order valence-corrected chi connectivity index (χ4v) is 2.25. The summed E-state index contributed by atoms with van der Waals surface area (Å²) in [6.45, 7) is 4.20. The molecule has 0 bridgehead atoms. The molecule has 1 aliphatic heterocycles. The lowest BCUT2D eigenvalue weighted by Crippen LogP contribution is -2.50. The Morgan fingerprint density at radius 2 is 2.33 bits per heavy atom. The van der Waals surface area contributed by atoms with E-state index < -0.39 is 5.97 Å².